The first-order valence-corrected chi connectivity index (χ1v) is 6.75. The molecule has 0 spiro atoms. The lowest BCUT2D eigenvalue weighted by Gasteiger charge is -2.33. The predicted octanol–water partition coefficient (Wildman–Crippen LogP) is 2.98. The Labute approximate surface area is 105 Å². The Morgan fingerprint density at radius 1 is 1.24 bits per heavy atom. The van der Waals surface area contributed by atoms with Crippen LogP contribution in [0.1, 0.15) is 50.2 Å². The Balaban J connectivity index is 1.97. The standard InChI is InChI=1S/C15H24N2/c1-11(2)13-8-6-12(7-9-13)10-15(17-16)14-4-3-5-14/h6-9,11,14-15,17H,3-5,10,16H2,1-2H3. The fourth-order valence-corrected chi connectivity index (χ4v) is 2.50. The van der Waals surface area contributed by atoms with E-state index in [1.807, 2.05) is 0 Å². The number of hydrogen-bond acceptors (Lipinski definition) is 2. The lowest BCUT2D eigenvalue weighted by Crippen LogP contribution is -2.44. The normalized spacial score (nSPS) is 18.1. The summed E-state index contributed by atoms with van der Waals surface area (Å²) in [5.74, 6) is 7.05. The van der Waals surface area contributed by atoms with Gasteiger partial charge in [0.2, 0.25) is 0 Å². The lowest BCUT2D eigenvalue weighted by atomic mass is 9.78. The molecule has 0 bridgehead atoms. The van der Waals surface area contributed by atoms with Crippen LogP contribution in [0.25, 0.3) is 0 Å². The molecule has 2 nitrogen and oxygen atoms in total. The fraction of sp³-hybridized carbons (Fsp3) is 0.600. The van der Waals surface area contributed by atoms with E-state index in [2.05, 4.69) is 43.5 Å². The highest BCUT2D eigenvalue weighted by Crippen LogP contribution is 2.30. The van der Waals surface area contributed by atoms with Crippen molar-refractivity contribution in [3.05, 3.63) is 35.4 Å². The molecular weight excluding hydrogens is 208 g/mol. The monoisotopic (exact) mass is 232 g/mol. The predicted molar refractivity (Wildman–Crippen MR) is 72.7 cm³/mol. The van der Waals surface area contributed by atoms with Crippen molar-refractivity contribution >= 4 is 0 Å². The van der Waals surface area contributed by atoms with Gasteiger partial charge in [-0.05, 0) is 42.2 Å². The van der Waals surface area contributed by atoms with Crippen LogP contribution in [-0.4, -0.2) is 6.04 Å². The van der Waals surface area contributed by atoms with Crippen LogP contribution in [0.3, 0.4) is 0 Å². The molecule has 3 N–H and O–H groups in total. The zero-order chi connectivity index (χ0) is 12.3. The van der Waals surface area contributed by atoms with Crippen molar-refractivity contribution in [3.63, 3.8) is 0 Å². The fourth-order valence-electron chi connectivity index (χ4n) is 2.50. The number of hydrogen-bond donors (Lipinski definition) is 2. The number of nitrogens with one attached hydrogen (secondary N) is 1. The van der Waals surface area contributed by atoms with Crippen LogP contribution in [0.5, 0.6) is 0 Å². The van der Waals surface area contributed by atoms with E-state index in [-0.39, 0.29) is 0 Å². The summed E-state index contributed by atoms with van der Waals surface area (Å²) in [6.45, 7) is 4.46. The van der Waals surface area contributed by atoms with Gasteiger partial charge < -0.3 is 0 Å². The molecule has 1 aliphatic rings. The summed E-state index contributed by atoms with van der Waals surface area (Å²) in [6.07, 6.45) is 5.09. The molecule has 0 aromatic heterocycles. The molecule has 1 saturated carbocycles. The maximum absolute atomic E-state index is 5.66. The molecule has 0 amide bonds. The van der Waals surface area contributed by atoms with E-state index in [4.69, 9.17) is 5.84 Å². The van der Waals surface area contributed by atoms with E-state index in [0.29, 0.717) is 12.0 Å². The summed E-state index contributed by atoms with van der Waals surface area (Å²) in [5, 5.41) is 0. The van der Waals surface area contributed by atoms with Crippen molar-refractivity contribution in [2.24, 2.45) is 11.8 Å². The van der Waals surface area contributed by atoms with Crippen LogP contribution in [-0.2, 0) is 6.42 Å². The third-order valence-corrected chi connectivity index (χ3v) is 4.03. The summed E-state index contributed by atoms with van der Waals surface area (Å²) >= 11 is 0. The SMILES string of the molecule is CC(C)c1ccc(CC(NN)C2CCC2)cc1. The maximum atomic E-state index is 5.66. The van der Waals surface area contributed by atoms with Crippen molar-refractivity contribution in [1.29, 1.82) is 0 Å². The maximum Gasteiger partial charge on any atom is 0.0279 e. The van der Waals surface area contributed by atoms with E-state index in [0.717, 1.165) is 12.3 Å². The molecule has 1 fully saturated rings. The molecule has 1 atom stereocenters. The molecule has 2 heteroatoms. The summed E-state index contributed by atoms with van der Waals surface area (Å²) in [7, 11) is 0. The molecule has 1 unspecified atom stereocenters. The van der Waals surface area contributed by atoms with Crippen molar-refractivity contribution in [2.45, 2.75) is 51.5 Å². The average Bonchev–Trinajstić information content (AvgIpc) is 2.26. The third kappa shape index (κ3) is 3.08. The number of benzene rings is 1. The smallest absolute Gasteiger partial charge is 0.0279 e. The van der Waals surface area contributed by atoms with Gasteiger partial charge in [0.15, 0.2) is 0 Å². The first kappa shape index (κ1) is 12.6. The zero-order valence-corrected chi connectivity index (χ0v) is 10.9. The molecule has 0 saturated heterocycles. The van der Waals surface area contributed by atoms with Crippen molar-refractivity contribution in [3.8, 4) is 0 Å². The Morgan fingerprint density at radius 2 is 1.88 bits per heavy atom. The van der Waals surface area contributed by atoms with Crippen LogP contribution in [0.2, 0.25) is 0 Å². The molecule has 2 rings (SSSR count). The van der Waals surface area contributed by atoms with Crippen LogP contribution < -0.4 is 11.3 Å². The van der Waals surface area contributed by atoms with Crippen molar-refractivity contribution in [2.75, 3.05) is 0 Å². The second kappa shape index (κ2) is 5.65. The van der Waals surface area contributed by atoms with Crippen LogP contribution in [0.15, 0.2) is 24.3 Å². The van der Waals surface area contributed by atoms with Gasteiger partial charge in [0.1, 0.15) is 0 Å². The largest absolute Gasteiger partial charge is 0.271 e. The van der Waals surface area contributed by atoms with Crippen LogP contribution in [0.4, 0.5) is 0 Å². The van der Waals surface area contributed by atoms with Gasteiger partial charge in [-0.1, -0.05) is 44.5 Å². The summed E-state index contributed by atoms with van der Waals surface area (Å²) in [6, 6.07) is 9.44. The quantitative estimate of drug-likeness (QED) is 0.605. The highest BCUT2D eigenvalue weighted by Gasteiger charge is 2.26. The van der Waals surface area contributed by atoms with Gasteiger partial charge in [0.25, 0.3) is 0 Å². The van der Waals surface area contributed by atoms with Crippen LogP contribution in [0, 0.1) is 5.92 Å². The Bertz CT molecular complexity index is 338. The third-order valence-electron chi connectivity index (χ3n) is 4.03. The van der Waals surface area contributed by atoms with E-state index in [9.17, 15) is 0 Å². The molecule has 94 valence electrons. The second-order valence-corrected chi connectivity index (χ2v) is 5.56. The second-order valence-electron chi connectivity index (χ2n) is 5.56. The van der Waals surface area contributed by atoms with Gasteiger partial charge in [-0.2, -0.15) is 0 Å². The minimum absolute atomic E-state index is 0.452. The van der Waals surface area contributed by atoms with Gasteiger partial charge in [-0.25, -0.2) is 0 Å². The van der Waals surface area contributed by atoms with E-state index < -0.39 is 0 Å². The summed E-state index contributed by atoms with van der Waals surface area (Å²) in [4.78, 5) is 0. The van der Waals surface area contributed by atoms with Gasteiger partial charge in [0.05, 0.1) is 0 Å². The summed E-state index contributed by atoms with van der Waals surface area (Å²) in [5.41, 5.74) is 5.79. The molecule has 17 heavy (non-hydrogen) atoms. The molecule has 0 radical (unpaired) electrons. The molecule has 0 aliphatic heterocycles. The summed E-state index contributed by atoms with van der Waals surface area (Å²) < 4.78 is 0. The number of rotatable bonds is 5. The van der Waals surface area contributed by atoms with Gasteiger partial charge in [-0.3, -0.25) is 11.3 Å². The minimum Gasteiger partial charge on any atom is -0.271 e. The highest BCUT2D eigenvalue weighted by atomic mass is 15.2. The average molecular weight is 232 g/mol. The van der Waals surface area contributed by atoms with Crippen molar-refractivity contribution in [1.82, 2.24) is 5.43 Å². The van der Waals surface area contributed by atoms with Crippen molar-refractivity contribution < 1.29 is 0 Å². The van der Waals surface area contributed by atoms with Gasteiger partial charge in [-0.15, -0.1) is 0 Å². The first-order valence-electron chi connectivity index (χ1n) is 6.75. The van der Waals surface area contributed by atoms with E-state index in [1.165, 1.54) is 30.4 Å². The molecule has 1 aromatic rings. The number of hydrazine groups is 1. The Kier molecular flexibility index (Phi) is 4.19. The van der Waals surface area contributed by atoms with E-state index >= 15 is 0 Å². The van der Waals surface area contributed by atoms with Gasteiger partial charge >= 0.3 is 0 Å². The molecule has 1 aliphatic carbocycles. The highest BCUT2D eigenvalue weighted by molar-refractivity contribution is 5.25. The molecule has 0 heterocycles. The Hall–Kier alpha value is -0.860. The zero-order valence-electron chi connectivity index (χ0n) is 10.9. The minimum atomic E-state index is 0.452. The number of nitrogens with two attached hydrogens (primary N) is 1. The Morgan fingerprint density at radius 3 is 2.29 bits per heavy atom. The molecular formula is C15H24N2. The molecule has 1 aromatic carbocycles. The topological polar surface area (TPSA) is 38.0 Å². The van der Waals surface area contributed by atoms with Crippen LogP contribution >= 0.6 is 0 Å². The van der Waals surface area contributed by atoms with Gasteiger partial charge in [0, 0.05) is 6.04 Å². The lowest BCUT2D eigenvalue weighted by molar-refractivity contribution is 0.228. The van der Waals surface area contributed by atoms with E-state index in [1.54, 1.807) is 0 Å². The first-order chi connectivity index (χ1) is 8.20.